The minimum absolute atomic E-state index is 0.0156. The van der Waals surface area contributed by atoms with Crippen LogP contribution in [0.2, 0.25) is 0 Å². The van der Waals surface area contributed by atoms with Crippen LogP contribution in [0.4, 0.5) is 0 Å². The number of nitrogens with zero attached hydrogens (tertiary/aromatic N) is 3. The van der Waals surface area contributed by atoms with Gasteiger partial charge in [0, 0.05) is 45.7 Å². The van der Waals surface area contributed by atoms with Gasteiger partial charge in [0.05, 0.1) is 5.92 Å². The van der Waals surface area contributed by atoms with E-state index >= 15 is 0 Å². The van der Waals surface area contributed by atoms with Crippen molar-refractivity contribution in [2.24, 2.45) is 5.92 Å². The number of rotatable bonds is 4. The molecule has 6 nitrogen and oxygen atoms in total. The molecular weight excluding hydrogens is 342 g/mol. The van der Waals surface area contributed by atoms with Crippen LogP contribution in [-0.2, 0) is 20.9 Å². The molecule has 1 aromatic rings. The summed E-state index contributed by atoms with van der Waals surface area (Å²) < 4.78 is 0. The van der Waals surface area contributed by atoms with E-state index in [-0.39, 0.29) is 35.9 Å². The third-order valence-corrected chi connectivity index (χ3v) is 5.07. The molecule has 1 aromatic carbocycles. The van der Waals surface area contributed by atoms with Crippen molar-refractivity contribution in [3.8, 4) is 0 Å². The number of hydrogen-bond donors (Lipinski definition) is 0. The molecule has 0 N–H and O–H groups in total. The van der Waals surface area contributed by atoms with Crippen molar-refractivity contribution in [1.82, 2.24) is 14.7 Å². The molecule has 0 bridgehead atoms. The van der Waals surface area contributed by atoms with Crippen molar-refractivity contribution in [1.29, 1.82) is 0 Å². The number of carbonyl (C=O) groups excluding carboxylic acids is 3. The third kappa shape index (κ3) is 4.12. The Kier molecular flexibility index (Phi) is 5.58. The smallest absolute Gasteiger partial charge is 0.237 e. The summed E-state index contributed by atoms with van der Waals surface area (Å²) in [5, 5.41) is 0. The van der Waals surface area contributed by atoms with Gasteiger partial charge in [-0.3, -0.25) is 14.4 Å². The summed E-state index contributed by atoms with van der Waals surface area (Å²) in [7, 11) is 0. The average molecular weight is 364 g/mol. The number of amides is 3. The lowest BCUT2D eigenvalue weighted by Gasteiger charge is -2.35. The highest BCUT2D eigenvalue weighted by atomic mass is 35.5. The Bertz CT molecular complexity index is 644. The molecule has 134 valence electrons. The first-order valence-corrected chi connectivity index (χ1v) is 9.06. The fourth-order valence-electron chi connectivity index (χ4n) is 3.41. The van der Waals surface area contributed by atoms with Crippen LogP contribution < -0.4 is 0 Å². The molecule has 0 aromatic heterocycles. The van der Waals surface area contributed by atoms with Crippen LogP contribution in [-0.4, -0.2) is 71.0 Å². The molecule has 0 radical (unpaired) electrons. The molecule has 7 heteroatoms. The van der Waals surface area contributed by atoms with Crippen LogP contribution >= 0.6 is 11.6 Å². The lowest BCUT2D eigenvalue weighted by molar-refractivity contribution is -0.141. The summed E-state index contributed by atoms with van der Waals surface area (Å²) in [6.07, 6.45) is 0.270. The molecule has 0 aliphatic carbocycles. The molecule has 3 amide bonds. The van der Waals surface area contributed by atoms with Crippen LogP contribution in [0.3, 0.4) is 0 Å². The molecule has 2 aliphatic heterocycles. The lowest BCUT2D eigenvalue weighted by Crippen LogP contribution is -2.52. The summed E-state index contributed by atoms with van der Waals surface area (Å²) in [6, 6.07) is 9.79. The largest absolute Gasteiger partial charge is 0.339 e. The Balaban J connectivity index is 1.54. The molecule has 3 rings (SSSR count). The molecule has 0 saturated carbocycles. The van der Waals surface area contributed by atoms with E-state index in [1.165, 1.54) is 0 Å². The van der Waals surface area contributed by atoms with Gasteiger partial charge in [-0.15, -0.1) is 11.6 Å². The summed E-state index contributed by atoms with van der Waals surface area (Å²) >= 11 is 5.57. The zero-order valence-corrected chi connectivity index (χ0v) is 14.8. The second kappa shape index (κ2) is 7.87. The second-order valence-corrected chi connectivity index (χ2v) is 6.77. The van der Waals surface area contributed by atoms with Gasteiger partial charge in [-0.05, 0) is 5.56 Å². The maximum absolute atomic E-state index is 12.7. The fraction of sp³-hybridized carbons (Fsp3) is 0.500. The summed E-state index contributed by atoms with van der Waals surface area (Å²) in [5.74, 6) is -0.370. The van der Waals surface area contributed by atoms with Crippen LogP contribution in [0, 0.1) is 5.92 Å². The molecule has 2 heterocycles. The van der Waals surface area contributed by atoms with Gasteiger partial charge in [-0.2, -0.15) is 0 Å². The molecular formula is C18H22ClN3O3. The van der Waals surface area contributed by atoms with Gasteiger partial charge < -0.3 is 14.7 Å². The van der Waals surface area contributed by atoms with E-state index < -0.39 is 0 Å². The number of carbonyl (C=O) groups is 3. The minimum Gasteiger partial charge on any atom is -0.339 e. The average Bonchev–Trinajstić information content (AvgIpc) is 3.02. The van der Waals surface area contributed by atoms with Crippen LogP contribution in [0.25, 0.3) is 0 Å². The van der Waals surface area contributed by atoms with Crippen molar-refractivity contribution in [2.45, 2.75) is 13.0 Å². The van der Waals surface area contributed by atoms with Crippen molar-refractivity contribution in [3.05, 3.63) is 35.9 Å². The number of likely N-dealkylation sites (tertiary alicyclic amines) is 1. The van der Waals surface area contributed by atoms with Gasteiger partial charge in [0.15, 0.2) is 0 Å². The number of piperazine rings is 1. The van der Waals surface area contributed by atoms with Crippen molar-refractivity contribution in [2.75, 3.05) is 38.6 Å². The molecule has 25 heavy (non-hydrogen) atoms. The summed E-state index contributed by atoms with van der Waals surface area (Å²) in [4.78, 5) is 41.7. The van der Waals surface area contributed by atoms with Gasteiger partial charge in [-0.1, -0.05) is 30.3 Å². The predicted molar refractivity (Wildman–Crippen MR) is 93.8 cm³/mol. The highest BCUT2D eigenvalue weighted by Gasteiger charge is 2.37. The maximum Gasteiger partial charge on any atom is 0.237 e. The van der Waals surface area contributed by atoms with E-state index in [1.54, 1.807) is 14.7 Å². The van der Waals surface area contributed by atoms with E-state index in [9.17, 15) is 14.4 Å². The molecule has 2 fully saturated rings. The van der Waals surface area contributed by atoms with Crippen LogP contribution in [0.1, 0.15) is 12.0 Å². The van der Waals surface area contributed by atoms with E-state index in [4.69, 9.17) is 11.6 Å². The Morgan fingerprint density at radius 3 is 2.32 bits per heavy atom. The first-order valence-electron chi connectivity index (χ1n) is 8.52. The first-order chi connectivity index (χ1) is 12.1. The summed E-state index contributed by atoms with van der Waals surface area (Å²) in [6.45, 7) is 3.03. The molecule has 0 spiro atoms. The van der Waals surface area contributed by atoms with Crippen LogP contribution in [0.5, 0.6) is 0 Å². The van der Waals surface area contributed by atoms with Crippen LogP contribution in [0.15, 0.2) is 30.3 Å². The number of halogens is 1. The van der Waals surface area contributed by atoms with Gasteiger partial charge in [-0.25, -0.2) is 0 Å². The zero-order chi connectivity index (χ0) is 17.8. The predicted octanol–water partition coefficient (Wildman–Crippen LogP) is 0.945. The number of alkyl halides is 1. The maximum atomic E-state index is 12.7. The highest BCUT2D eigenvalue weighted by Crippen LogP contribution is 2.22. The SMILES string of the molecule is O=C(CCl)N1CCN(C(=O)C2CC(=O)N(Cc3ccccc3)C2)CC1. The number of benzene rings is 1. The topological polar surface area (TPSA) is 60.9 Å². The Morgan fingerprint density at radius 1 is 1.04 bits per heavy atom. The quantitative estimate of drug-likeness (QED) is 0.748. The molecule has 1 unspecified atom stereocenters. The van der Waals surface area contributed by atoms with E-state index in [2.05, 4.69) is 0 Å². The normalized spacial score (nSPS) is 20.9. The summed E-state index contributed by atoms with van der Waals surface area (Å²) in [5.41, 5.74) is 1.07. The lowest BCUT2D eigenvalue weighted by atomic mass is 10.1. The van der Waals surface area contributed by atoms with Crippen molar-refractivity contribution < 1.29 is 14.4 Å². The second-order valence-electron chi connectivity index (χ2n) is 6.50. The van der Waals surface area contributed by atoms with Crippen molar-refractivity contribution >= 4 is 29.3 Å². The van der Waals surface area contributed by atoms with E-state index in [0.29, 0.717) is 39.3 Å². The minimum atomic E-state index is -0.286. The first kappa shape index (κ1) is 17.7. The fourth-order valence-corrected chi connectivity index (χ4v) is 3.58. The van der Waals surface area contributed by atoms with Gasteiger partial charge in [0.1, 0.15) is 5.88 Å². The Hall–Kier alpha value is -2.08. The van der Waals surface area contributed by atoms with E-state index in [0.717, 1.165) is 5.56 Å². The standard InChI is InChI=1S/C18H22ClN3O3/c19-11-17(24)20-6-8-21(9-7-20)18(25)15-10-16(23)22(13-15)12-14-4-2-1-3-5-14/h1-5,15H,6-13H2. The van der Waals surface area contributed by atoms with E-state index in [1.807, 2.05) is 30.3 Å². The van der Waals surface area contributed by atoms with Crippen molar-refractivity contribution in [3.63, 3.8) is 0 Å². The Morgan fingerprint density at radius 2 is 1.68 bits per heavy atom. The number of hydrogen-bond acceptors (Lipinski definition) is 3. The Labute approximate surface area is 152 Å². The monoisotopic (exact) mass is 363 g/mol. The molecule has 2 aliphatic rings. The van der Waals surface area contributed by atoms with Gasteiger partial charge in [0.25, 0.3) is 0 Å². The third-order valence-electron chi connectivity index (χ3n) is 4.84. The van der Waals surface area contributed by atoms with Gasteiger partial charge >= 0.3 is 0 Å². The zero-order valence-electron chi connectivity index (χ0n) is 14.1. The van der Waals surface area contributed by atoms with Gasteiger partial charge in [0.2, 0.25) is 17.7 Å². The molecule has 2 saturated heterocycles. The highest BCUT2D eigenvalue weighted by molar-refractivity contribution is 6.27. The molecule has 1 atom stereocenters.